The molecule has 1 aromatic carbocycles. The van der Waals surface area contributed by atoms with Crippen molar-refractivity contribution in [2.24, 2.45) is 5.92 Å². The van der Waals surface area contributed by atoms with Crippen LogP contribution in [0.2, 0.25) is 0 Å². The minimum Gasteiger partial charge on any atom is -0.392 e. The van der Waals surface area contributed by atoms with Crippen molar-refractivity contribution < 1.29 is 5.11 Å². The molecule has 1 N–H and O–H groups in total. The quantitative estimate of drug-likeness (QED) is 0.894. The van der Waals surface area contributed by atoms with Gasteiger partial charge in [0.05, 0.1) is 6.61 Å². The predicted octanol–water partition coefficient (Wildman–Crippen LogP) is 2.30. The number of anilines is 2. The molecule has 0 amide bonds. The summed E-state index contributed by atoms with van der Waals surface area (Å²) in [5.74, 6) is 1.28. The number of hydrogen-bond donors (Lipinski definition) is 1. The summed E-state index contributed by atoms with van der Waals surface area (Å²) >= 11 is 0. The predicted molar refractivity (Wildman–Crippen MR) is 74.3 cm³/mol. The smallest absolute Gasteiger partial charge is 0.229 e. The van der Waals surface area contributed by atoms with Gasteiger partial charge in [-0.05, 0) is 24.0 Å². The van der Waals surface area contributed by atoms with Gasteiger partial charge in [0.15, 0.2) is 0 Å². The van der Waals surface area contributed by atoms with E-state index < -0.39 is 0 Å². The van der Waals surface area contributed by atoms with Crippen LogP contribution in [0.25, 0.3) is 0 Å². The average molecular weight is 255 g/mol. The Hall–Kier alpha value is -1.94. The number of aromatic nitrogens is 2. The van der Waals surface area contributed by atoms with E-state index in [2.05, 4.69) is 40.0 Å². The standard InChI is InChI=1S/C15H17N3O/c1-11-6-13-4-2-3-5-14(13)18(9-11)15-16-7-12(10-19)8-17-15/h2-5,7-8,11,19H,6,9-10H2,1H3. The van der Waals surface area contributed by atoms with Gasteiger partial charge in [0, 0.05) is 30.2 Å². The van der Waals surface area contributed by atoms with Crippen molar-refractivity contribution in [1.82, 2.24) is 9.97 Å². The third-order valence-electron chi connectivity index (χ3n) is 3.46. The molecule has 19 heavy (non-hydrogen) atoms. The van der Waals surface area contributed by atoms with Crippen LogP contribution in [0.5, 0.6) is 0 Å². The Morgan fingerprint density at radius 1 is 1.26 bits per heavy atom. The molecule has 1 aliphatic heterocycles. The molecule has 0 saturated carbocycles. The van der Waals surface area contributed by atoms with E-state index in [1.165, 1.54) is 11.3 Å². The Bertz CT molecular complexity index is 568. The molecule has 0 saturated heterocycles. The van der Waals surface area contributed by atoms with Gasteiger partial charge in [-0.1, -0.05) is 25.1 Å². The fourth-order valence-corrected chi connectivity index (χ4v) is 2.56. The summed E-state index contributed by atoms with van der Waals surface area (Å²) < 4.78 is 0. The second kappa shape index (κ2) is 4.97. The van der Waals surface area contributed by atoms with Crippen LogP contribution in [0.3, 0.4) is 0 Å². The highest BCUT2D eigenvalue weighted by Gasteiger charge is 2.23. The van der Waals surface area contributed by atoms with Crippen LogP contribution in [0.4, 0.5) is 11.6 Å². The second-order valence-corrected chi connectivity index (χ2v) is 5.10. The van der Waals surface area contributed by atoms with Crippen LogP contribution in [-0.4, -0.2) is 21.6 Å². The highest BCUT2D eigenvalue weighted by molar-refractivity contribution is 5.63. The van der Waals surface area contributed by atoms with E-state index >= 15 is 0 Å². The number of benzene rings is 1. The zero-order chi connectivity index (χ0) is 13.2. The van der Waals surface area contributed by atoms with Crippen LogP contribution in [-0.2, 0) is 13.0 Å². The van der Waals surface area contributed by atoms with Gasteiger partial charge in [0.2, 0.25) is 5.95 Å². The molecule has 0 radical (unpaired) electrons. The topological polar surface area (TPSA) is 49.2 Å². The van der Waals surface area contributed by atoms with Gasteiger partial charge in [-0.25, -0.2) is 9.97 Å². The molecule has 4 heteroatoms. The molecule has 0 bridgehead atoms. The van der Waals surface area contributed by atoms with Crippen molar-refractivity contribution in [2.45, 2.75) is 20.0 Å². The maximum absolute atomic E-state index is 9.05. The van der Waals surface area contributed by atoms with Crippen molar-refractivity contribution in [2.75, 3.05) is 11.4 Å². The van der Waals surface area contributed by atoms with E-state index in [9.17, 15) is 0 Å². The summed E-state index contributed by atoms with van der Waals surface area (Å²) in [6, 6.07) is 8.40. The number of para-hydroxylation sites is 1. The molecule has 0 spiro atoms. The Balaban J connectivity index is 1.99. The normalized spacial score (nSPS) is 18.2. The zero-order valence-corrected chi connectivity index (χ0v) is 11.0. The molecule has 1 aromatic heterocycles. The highest BCUT2D eigenvalue weighted by atomic mass is 16.3. The first-order valence-corrected chi connectivity index (χ1v) is 6.55. The first-order valence-electron chi connectivity index (χ1n) is 6.55. The molecule has 1 atom stereocenters. The minimum atomic E-state index is -0.0206. The van der Waals surface area contributed by atoms with E-state index in [-0.39, 0.29) is 6.61 Å². The molecular formula is C15H17N3O. The Kier molecular flexibility index (Phi) is 3.17. The van der Waals surface area contributed by atoms with Crippen LogP contribution in [0, 0.1) is 5.92 Å². The fourth-order valence-electron chi connectivity index (χ4n) is 2.56. The van der Waals surface area contributed by atoms with Gasteiger partial charge in [-0.2, -0.15) is 0 Å². The lowest BCUT2D eigenvalue weighted by Gasteiger charge is -2.33. The molecule has 1 aliphatic rings. The van der Waals surface area contributed by atoms with Gasteiger partial charge in [-0.15, -0.1) is 0 Å². The monoisotopic (exact) mass is 255 g/mol. The third kappa shape index (κ3) is 2.31. The van der Waals surface area contributed by atoms with E-state index in [1.54, 1.807) is 12.4 Å². The van der Waals surface area contributed by atoms with Crippen molar-refractivity contribution in [1.29, 1.82) is 0 Å². The number of aliphatic hydroxyl groups is 1. The number of rotatable bonds is 2. The molecule has 3 rings (SSSR count). The molecule has 0 aliphatic carbocycles. The Labute approximate surface area is 112 Å². The average Bonchev–Trinajstić information content (AvgIpc) is 2.46. The van der Waals surface area contributed by atoms with Gasteiger partial charge in [-0.3, -0.25) is 0 Å². The van der Waals surface area contributed by atoms with Gasteiger partial charge in [0.25, 0.3) is 0 Å². The SMILES string of the molecule is CC1Cc2ccccc2N(c2ncc(CO)cn2)C1. The lowest BCUT2D eigenvalue weighted by Crippen LogP contribution is -2.31. The maximum Gasteiger partial charge on any atom is 0.229 e. The highest BCUT2D eigenvalue weighted by Crippen LogP contribution is 2.33. The first kappa shape index (κ1) is 12.1. The molecule has 2 heterocycles. The van der Waals surface area contributed by atoms with Crippen LogP contribution in [0.15, 0.2) is 36.7 Å². The van der Waals surface area contributed by atoms with Crippen molar-refractivity contribution in [3.05, 3.63) is 47.8 Å². The Morgan fingerprint density at radius 3 is 2.74 bits per heavy atom. The third-order valence-corrected chi connectivity index (χ3v) is 3.46. The number of aliphatic hydroxyl groups excluding tert-OH is 1. The van der Waals surface area contributed by atoms with Crippen LogP contribution < -0.4 is 4.90 Å². The van der Waals surface area contributed by atoms with Gasteiger partial charge in [0.1, 0.15) is 0 Å². The number of hydrogen-bond acceptors (Lipinski definition) is 4. The van der Waals surface area contributed by atoms with Gasteiger partial charge < -0.3 is 10.0 Å². The molecule has 2 aromatic rings. The molecule has 1 unspecified atom stereocenters. The van der Waals surface area contributed by atoms with Crippen LogP contribution in [0.1, 0.15) is 18.1 Å². The summed E-state index contributed by atoms with van der Waals surface area (Å²) in [5, 5.41) is 9.05. The largest absolute Gasteiger partial charge is 0.392 e. The summed E-state index contributed by atoms with van der Waals surface area (Å²) in [6.07, 6.45) is 4.47. The lowest BCUT2D eigenvalue weighted by molar-refractivity contribution is 0.281. The molecular weight excluding hydrogens is 238 g/mol. The maximum atomic E-state index is 9.05. The van der Waals surface area contributed by atoms with Gasteiger partial charge >= 0.3 is 0 Å². The van der Waals surface area contributed by atoms with Crippen molar-refractivity contribution >= 4 is 11.6 Å². The first-order chi connectivity index (χ1) is 9.28. The van der Waals surface area contributed by atoms with Crippen LogP contribution >= 0.6 is 0 Å². The number of nitrogens with zero attached hydrogens (tertiary/aromatic N) is 3. The number of fused-ring (bicyclic) bond motifs is 1. The Morgan fingerprint density at radius 2 is 2.00 bits per heavy atom. The second-order valence-electron chi connectivity index (χ2n) is 5.10. The lowest BCUT2D eigenvalue weighted by atomic mass is 9.94. The van der Waals surface area contributed by atoms with E-state index in [4.69, 9.17) is 5.11 Å². The summed E-state index contributed by atoms with van der Waals surface area (Å²) in [6.45, 7) is 3.15. The van der Waals surface area contributed by atoms with E-state index in [1.807, 2.05) is 6.07 Å². The minimum absolute atomic E-state index is 0.0206. The molecule has 4 nitrogen and oxygen atoms in total. The molecule has 98 valence electrons. The van der Waals surface area contributed by atoms with Crippen molar-refractivity contribution in [3.8, 4) is 0 Å². The summed E-state index contributed by atoms with van der Waals surface area (Å²) in [4.78, 5) is 10.9. The fraction of sp³-hybridized carbons (Fsp3) is 0.333. The van der Waals surface area contributed by atoms with E-state index in [0.29, 0.717) is 11.9 Å². The molecule has 0 fully saturated rings. The zero-order valence-electron chi connectivity index (χ0n) is 11.0. The summed E-state index contributed by atoms with van der Waals surface area (Å²) in [5.41, 5.74) is 3.27. The van der Waals surface area contributed by atoms with E-state index in [0.717, 1.165) is 18.5 Å². The summed E-state index contributed by atoms with van der Waals surface area (Å²) in [7, 11) is 0. The van der Waals surface area contributed by atoms with Crippen molar-refractivity contribution in [3.63, 3.8) is 0 Å².